The zero-order chi connectivity index (χ0) is 21.7. The smallest absolute Gasteiger partial charge is 0.329 e. The molecule has 1 saturated heterocycles. The van der Waals surface area contributed by atoms with Gasteiger partial charge < -0.3 is 20.5 Å². The normalized spacial score (nSPS) is 14.7. The van der Waals surface area contributed by atoms with E-state index in [0.717, 1.165) is 4.90 Å². The number of rotatable bonds is 8. The van der Waals surface area contributed by atoms with E-state index >= 15 is 0 Å². The maximum absolute atomic E-state index is 13.9. The Labute approximate surface area is 172 Å². The first-order valence-electron chi connectivity index (χ1n) is 9.15. The van der Waals surface area contributed by atoms with Crippen molar-refractivity contribution in [3.05, 3.63) is 65.1 Å². The van der Waals surface area contributed by atoms with E-state index in [1.807, 2.05) is 0 Å². The van der Waals surface area contributed by atoms with Crippen LogP contribution in [0.4, 0.5) is 9.18 Å². The van der Waals surface area contributed by atoms with Crippen molar-refractivity contribution in [3.8, 4) is 11.5 Å². The number of nitrogens with two attached hydrogens (primary N) is 1. The number of amides is 4. The quantitative estimate of drug-likeness (QED) is 0.509. The van der Waals surface area contributed by atoms with Crippen LogP contribution in [0.2, 0.25) is 0 Å². The fraction of sp³-hybridized carbons (Fsp3) is 0.190. The Morgan fingerprint density at radius 2 is 1.93 bits per heavy atom. The first-order chi connectivity index (χ1) is 14.4. The second kappa shape index (κ2) is 9.08. The number of primary amides is 1. The van der Waals surface area contributed by atoms with E-state index in [1.54, 1.807) is 31.2 Å². The molecule has 0 unspecified atom stereocenters. The molecule has 1 aliphatic rings. The number of ether oxygens (including phenoxy) is 2. The molecule has 0 saturated carbocycles. The van der Waals surface area contributed by atoms with Crippen molar-refractivity contribution in [2.24, 2.45) is 5.73 Å². The Hall–Kier alpha value is -3.88. The number of carbonyl (C=O) groups excluding carboxylic acids is 3. The molecule has 3 N–H and O–H groups in total. The number of hydrogen-bond donors (Lipinski definition) is 2. The highest BCUT2D eigenvalue weighted by Crippen LogP contribution is 2.30. The molecule has 2 aromatic rings. The average Bonchev–Trinajstić information content (AvgIpc) is 2.96. The van der Waals surface area contributed by atoms with Crippen molar-refractivity contribution in [1.82, 2.24) is 10.2 Å². The summed E-state index contributed by atoms with van der Waals surface area (Å²) in [7, 11) is 0. The number of nitrogens with zero attached hydrogens (tertiary/aromatic N) is 1. The summed E-state index contributed by atoms with van der Waals surface area (Å²) in [6.07, 6.45) is 1.47. The van der Waals surface area contributed by atoms with Crippen LogP contribution in [-0.2, 0) is 16.1 Å². The lowest BCUT2D eigenvalue weighted by Gasteiger charge is -2.12. The SMILES string of the molecule is CCOc1cc(C=C2NC(=O)N(Cc3ccccc3F)C2=O)ccc1OCC(N)=O. The molecule has 1 heterocycles. The van der Waals surface area contributed by atoms with Crippen LogP contribution in [0.15, 0.2) is 48.2 Å². The number of hydrogen-bond acceptors (Lipinski definition) is 5. The Morgan fingerprint density at radius 1 is 1.17 bits per heavy atom. The molecule has 0 aromatic heterocycles. The Morgan fingerprint density at radius 3 is 2.63 bits per heavy atom. The topological polar surface area (TPSA) is 111 Å². The molecule has 0 aliphatic carbocycles. The van der Waals surface area contributed by atoms with E-state index in [0.29, 0.717) is 23.7 Å². The van der Waals surface area contributed by atoms with Crippen molar-refractivity contribution in [3.63, 3.8) is 0 Å². The molecule has 0 atom stereocenters. The Bertz CT molecular complexity index is 1020. The van der Waals surface area contributed by atoms with Gasteiger partial charge in [0.25, 0.3) is 11.8 Å². The summed E-state index contributed by atoms with van der Waals surface area (Å²) in [6, 6.07) is 10.1. The molecule has 30 heavy (non-hydrogen) atoms. The molecular formula is C21H20FN3O5. The van der Waals surface area contributed by atoms with E-state index in [9.17, 15) is 18.8 Å². The maximum Gasteiger partial charge on any atom is 0.329 e. The number of benzene rings is 2. The van der Waals surface area contributed by atoms with Crippen molar-refractivity contribution in [2.45, 2.75) is 13.5 Å². The Balaban J connectivity index is 1.81. The van der Waals surface area contributed by atoms with Gasteiger partial charge in [0.15, 0.2) is 18.1 Å². The van der Waals surface area contributed by atoms with Gasteiger partial charge in [-0.2, -0.15) is 0 Å². The average molecular weight is 413 g/mol. The minimum Gasteiger partial charge on any atom is -0.490 e. The van der Waals surface area contributed by atoms with Crippen molar-refractivity contribution in [2.75, 3.05) is 13.2 Å². The predicted molar refractivity (Wildman–Crippen MR) is 106 cm³/mol. The molecule has 0 spiro atoms. The zero-order valence-electron chi connectivity index (χ0n) is 16.2. The minimum atomic E-state index is -0.638. The van der Waals surface area contributed by atoms with E-state index in [1.165, 1.54) is 24.3 Å². The van der Waals surface area contributed by atoms with Crippen molar-refractivity contribution < 1.29 is 28.2 Å². The van der Waals surface area contributed by atoms with Gasteiger partial charge in [0, 0.05) is 5.56 Å². The van der Waals surface area contributed by atoms with Gasteiger partial charge in [-0.1, -0.05) is 24.3 Å². The number of halogens is 1. The third-order valence-corrected chi connectivity index (χ3v) is 4.20. The second-order valence-corrected chi connectivity index (χ2v) is 6.37. The molecule has 0 radical (unpaired) electrons. The number of urea groups is 1. The molecular weight excluding hydrogens is 393 g/mol. The molecule has 8 nitrogen and oxygen atoms in total. The van der Waals surface area contributed by atoms with E-state index < -0.39 is 23.7 Å². The summed E-state index contributed by atoms with van der Waals surface area (Å²) >= 11 is 0. The summed E-state index contributed by atoms with van der Waals surface area (Å²) in [4.78, 5) is 36.7. The van der Waals surface area contributed by atoms with E-state index in [-0.39, 0.29) is 24.4 Å². The van der Waals surface area contributed by atoms with Gasteiger partial charge in [0.05, 0.1) is 13.2 Å². The van der Waals surface area contributed by atoms with Crippen LogP contribution in [0.5, 0.6) is 11.5 Å². The van der Waals surface area contributed by atoms with Crippen LogP contribution in [-0.4, -0.2) is 36.0 Å². The summed E-state index contributed by atoms with van der Waals surface area (Å²) in [5.74, 6) is -1.02. The molecule has 1 aliphatic heterocycles. The predicted octanol–water partition coefficient (Wildman–Crippen LogP) is 2.18. The zero-order valence-corrected chi connectivity index (χ0v) is 16.2. The highest BCUT2D eigenvalue weighted by molar-refractivity contribution is 6.13. The van der Waals surface area contributed by atoms with Gasteiger partial charge in [-0.25, -0.2) is 9.18 Å². The minimum absolute atomic E-state index is 0.0459. The summed E-state index contributed by atoms with van der Waals surface area (Å²) in [5, 5.41) is 2.49. The lowest BCUT2D eigenvalue weighted by Crippen LogP contribution is -2.30. The third-order valence-electron chi connectivity index (χ3n) is 4.20. The van der Waals surface area contributed by atoms with Gasteiger partial charge >= 0.3 is 6.03 Å². The summed E-state index contributed by atoms with van der Waals surface area (Å²) in [6.45, 7) is 1.64. The molecule has 156 valence electrons. The monoisotopic (exact) mass is 413 g/mol. The molecule has 1 fully saturated rings. The van der Waals surface area contributed by atoms with Gasteiger partial charge in [-0.05, 0) is 36.8 Å². The second-order valence-electron chi connectivity index (χ2n) is 6.37. The van der Waals surface area contributed by atoms with Crippen LogP contribution in [0, 0.1) is 5.82 Å². The van der Waals surface area contributed by atoms with Gasteiger partial charge in [0.1, 0.15) is 11.5 Å². The molecule has 0 bridgehead atoms. The highest BCUT2D eigenvalue weighted by atomic mass is 19.1. The number of carbonyl (C=O) groups is 3. The van der Waals surface area contributed by atoms with Crippen LogP contribution in [0.3, 0.4) is 0 Å². The van der Waals surface area contributed by atoms with E-state index in [2.05, 4.69) is 5.32 Å². The molecule has 9 heteroatoms. The molecule has 2 aromatic carbocycles. The fourth-order valence-corrected chi connectivity index (χ4v) is 2.83. The maximum atomic E-state index is 13.9. The van der Waals surface area contributed by atoms with Crippen LogP contribution >= 0.6 is 0 Å². The molecule has 4 amide bonds. The first kappa shape index (κ1) is 20.8. The standard InChI is InChI=1S/C21H20FN3O5/c1-2-29-18-10-13(7-8-17(18)30-12-19(23)26)9-16-20(27)25(21(28)24-16)11-14-5-3-4-6-15(14)22/h3-10H,2,11-12H2,1H3,(H2,23,26)(H,24,28). The third kappa shape index (κ3) is 4.75. The largest absolute Gasteiger partial charge is 0.490 e. The van der Waals surface area contributed by atoms with Crippen LogP contribution in [0.25, 0.3) is 6.08 Å². The molecule has 3 rings (SSSR count). The summed E-state index contributed by atoms with van der Waals surface area (Å²) < 4.78 is 24.7. The Kier molecular flexibility index (Phi) is 6.31. The van der Waals surface area contributed by atoms with Gasteiger partial charge in [-0.3, -0.25) is 14.5 Å². The van der Waals surface area contributed by atoms with Gasteiger partial charge in [-0.15, -0.1) is 0 Å². The summed E-state index contributed by atoms with van der Waals surface area (Å²) in [5.41, 5.74) is 5.92. The van der Waals surface area contributed by atoms with Crippen molar-refractivity contribution in [1.29, 1.82) is 0 Å². The van der Waals surface area contributed by atoms with Gasteiger partial charge in [0.2, 0.25) is 0 Å². The lowest BCUT2D eigenvalue weighted by molar-refractivity contribution is -0.123. The van der Waals surface area contributed by atoms with Crippen LogP contribution in [0.1, 0.15) is 18.1 Å². The lowest BCUT2D eigenvalue weighted by atomic mass is 10.1. The first-order valence-corrected chi connectivity index (χ1v) is 9.15. The highest BCUT2D eigenvalue weighted by Gasteiger charge is 2.34. The number of nitrogens with one attached hydrogen (secondary N) is 1. The fourth-order valence-electron chi connectivity index (χ4n) is 2.83. The van der Waals surface area contributed by atoms with Crippen LogP contribution < -0.4 is 20.5 Å². The van der Waals surface area contributed by atoms with Crippen molar-refractivity contribution >= 4 is 23.9 Å². The number of imide groups is 1. The van der Waals surface area contributed by atoms with E-state index in [4.69, 9.17) is 15.2 Å².